The lowest BCUT2D eigenvalue weighted by molar-refractivity contribution is -0.119. The molecule has 132 valence electrons. The third kappa shape index (κ3) is 4.09. The van der Waals surface area contributed by atoms with Crippen LogP contribution in [0.5, 0.6) is 0 Å². The molecule has 0 spiro atoms. The first-order chi connectivity index (χ1) is 12.4. The number of carbonyl (C=O) groups is 2. The molecule has 0 fully saturated rings. The minimum atomic E-state index is -0.710. The number of amides is 1. The fraction of sp³-hybridized carbons (Fsp3) is 0.0556. The molecule has 8 heteroatoms. The molecule has 1 amide bonds. The quantitative estimate of drug-likeness (QED) is 0.525. The predicted octanol–water partition coefficient (Wildman–Crippen LogP) is 4.48. The van der Waals surface area contributed by atoms with E-state index in [1.165, 1.54) is 18.2 Å². The Morgan fingerprint density at radius 1 is 1.12 bits per heavy atom. The number of esters is 1. The molecule has 0 aliphatic rings. The Labute approximate surface area is 157 Å². The van der Waals surface area contributed by atoms with Crippen LogP contribution in [0, 0.1) is 5.82 Å². The van der Waals surface area contributed by atoms with Crippen LogP contribution in [-0.4, -0.2) is 23.5 Å². The zero-order chi connectivity index (χ0) is 18.7. The van der Waals surface area contributed by atoms with Gasteiger partial charge < -0.3 is 10.1 Å². The molecule has 0 saturated carbocycles. The van der Waals surface area contributed by atoms with Crippen LogP contribution in [0.4, 0.5) is 10.1 Å². The van der Waals surface area contributed by atoms with Gasteiger partial charge in [0.2, 0.25) is 0 Å². The molecule has 0 radical (unpaired) electrons. The molecule has 0 saturated heterocycles. The summed E-state index contributed by atoms with van der Waals surface area (Å²) in [6, 6.07) is 12.0. The second-order valence-corrected chi connectivity index (χ2v) is 6.06. The summed E-state index contributed by atoms with van der Waals surface area (Å²) in [5.41, 5.74) is 1.03. The summed E-state index contributed by atoms with van der Waals surface area (Å²) in [5, 5.41) is 3.04. The van der Waals surface area contributed by atoms with Crippen LogP contribution in [0.25, 0.3) is 10.9 Å². The molecule has 5 nitrogen and oxygen atoms in total. The molecular formula is C18H11Cl2FN2O3. The van der Waals surface area contributed by atoms with E-state index in [0.29, 0.717) is 10.9 Å². The highest BCUT2D eigenvalue weighted by Crippen LogP contribution is 2.22. The molecule has 26 heavy (non-hydrogen) atoms. The van der Waals surface area contributed by atoms with Crippen molar-refractivity contribution in [1.82, 2.24) is 4.98 Å². The Balaban J connectivity index is 1.69. The van der Waals surface area contributed by atoms with Gasteiger partial charge >= 0.3 is 5.97 Å². The third-order valence-electron chi connectivity index (χ3n) is 3.44. The molecule has 3 rings (SSSR count). The summed E-state index contributed by atoms with van der Waals surface area (Å²) in [6.45, 7) is -0.526. The number of nitrogens with zero attached hydrogens (tertiary/aromatic N) is 1. The maximum absolute atomic E-state index is 13.1. The SMILES string of the molecule is O=C(COC(=O)c1cc(Cl)nc2ccccc12)Nc1ccc(F)c(Cl)c1. The number of rotatable bonds is 4. The molecule has 0 aliphatic heterocycles. The minimum Gasteiger partial charge on any atom is -0.452 e. The number of nitrogens with one attached hydrogen (secondary N) is 1. The molecule has 0 aliphatic carbocycles. The molecule has 2 aromatic carbocycles. The maximum atomic E-state index is 13.1. The topological polar surface area (TPSA) is 68.3 Å². The van der Waals surface area contributed by atoms with Crippen LogP contribution >= 0.6 is 23.2 Å². The molecule has 1 heterocycles. The first-order valence-corrected chi connectivity index (χ1v) is 8.17. The van der Waals surface area contributed by atoms with Gasteiger partial charge in [-0.3, -0.25) is 4.79 Å². The molecule has 3 aromatic rings. The van der Waals surface area contributed by atoms with E-state index in [0.717, 1.165) is 6.07 Å². The van der Waals surface area contributed by atoms with E-state index in [2.05, 4.69) is 10.3 Å². The van der Waals surface area contributed by atoms with Gasteiger partial charge in [0.1, 0.15) is 11.0 Å². The standard InChI is InChI=1S/C18H11Cl2FN2O3/c19-13-7-10(5-6-14(13)21)22-17(24)9-26-18(25)12-8-16(20)23-15-4-2-1-3-11(12)15/h1-8H,9H2,(H,22,24). The van der Waals surface area contributed by atoms with Crippen molar-refractivity contribution >= 4 is 51.7 Å². The number of halogens is 3. The van der Waals surface area contributed by atoms with Crippen molar-refractivity contribution < 1.29 is 18.7 Å². The first kappa shape index (κ1) is 18.1. The van der Waals surface area contributed by atoms with E-state index in [1.807, 2.05) is 0 Å². The van der Waals surface area contributed by atoms with Crippen LogP contribution in [0.3, 0.4) is 0 Å². The number of aromatic nitrogens is 1. The van der Waals surface area contributed by atoms with Gasteiger partial charge in [-0.05, 0) is 30.3 Å². The summed E-state index contributed by atoms with van der Waals surface area (Å²) < 4.78 is 18.1. The molecular weight excluding hydrogens is 382 g/mol. The highest BCUT2D eigenvalue weighted by molar-refractivity contribution is 6.31. The third-order valence-corrected chi connectivity index (χ3v) is 3.93. The lowest BCUT2D eigenvalue weighted by Gasteiger charge is -2.09. The van der Waals surface area contributed by atoms with E-state index in [4.69, 9.17) is 27.9 Å². The van der Waals surface area contributed by atoms with Crippen molar-refractivity contribution in [3.05, 3.63) is 70.1 Å². The Bertz CT molecular complexity index is 1010. The minimum absolute atomic E-state index is 0.127. The van der Waals surface area contributed by atoms with Gasteiger partial charge in [0.05, 0.1) is 16.1 Å². The number of hydrogen-bond donors (Lipinski definition) is 1. The fourth-order valence-corrected chi connectivity index (χ4v) is 2.67. The van der Waals surface area contributed by atoms with Crippen LogP contribution in [0.1, 0.15) is 10.4 Å². The molecule has 0 atom stereocenters. The summed E-state index contributed by atoms with van der Waals surface area (Å²) in [4.78, 5) is 28.3. The van der Waals surface area contributed by atoms with Crippen LogP contribution in [0.15, 0.2) is 48.5 Å². The average molecular weight is 393 g/mol. The predicted molar refractivity (Wildman–Crippen MR) is 97.1 cm³/mol. The molecule has 1 N–H and O–H groups in total. The number of benzene rings is 2. The van der Waals surface area contributed by atoms with Crippen LogP contribution in [0.2, 0.25) is 10.2 Å². The summed E-state index contributed by atoms with van der Waals surface area (Å²) in [6.07, 6.45) is 0. The molecule has 1 aromatic heterocycles. The lowest BCUT2D eigenvalue weighted by Crippen LogP contribution is -2.21. The smallest absolute Gasteiger partial charge is 0.339 e. The van der Waals surface area contributed by atoms with E-state index < -0.39 is 24.3 Å². The van der Waals surface area contributed by atoms with Crippen molar-refractivity contribution in [2.75, 3.05) is 11.9 Å². The summed E-state index contributed by atoms with van der Waals surface area (Å²) in [7, 11) is 0. The average Bonchev–Trinajstić information content (AvgIpc) is 2.62. The lowest BCUT2D eigenvalue weighted by atomic mass is 10.1. The van der Waals surface area contributed by atoms with Crippen LogP contribution < -0.4 is 5.32 Å². The van der Waals surface area contributed by atoms with Crippen LogP contribution in [-0.2, 0) is 9.53 Å². The van der Waals surface area contributed by atoms with Crippen molar-refractivity contribution in [3.63, 3.8) is 0 Å². The van der Waals surface area contributed by atoms with Gasteiger partial charge in [-0.15, -0.1) is 0 Å². The number of pyridine rings is 1. The largest absolute Gasteiger partial charge is 0.452 e. The Hall–Kier alpha value is -2.70. The molecule has 0 bridgehead atoms. The van der Waals surface area contributed by atoms with E-state index >= 15 is 0 Å². The number of fused-ring (bicyclic) bond motifs is 1. The Kier molecular flexibility index (Phi) is 5.35. The Morgan fingerprint density at radius 2 is 1.88 bits per heavy atom. The second-order valence-electron chi connectivity index (χ2n) is 5.26. The number of para-hydroxylation sites is 1. The highest BCUT2D eigenvalue weighted by Gasteiger charge is 2.15. The molecule has 0 unspecified atom stereocenters. The van der Waals surface area contributed by atoms with Crippen molar-refractivity contribution in [3.8, 4) is 0 Å². The van der Waals surface area contributed by atoms with Gasteiger partial charge in [0, 0.05) is 11.1 Å². The number of anilines is 1. The number of carbonyl (C=O) groups excluding carboxylic acids is 2. The van der Waals surface area contributed by atoms with E-state index in [1.54, 1.807) is 24.3 Å². The Morgan fingerprint density at radius 3 is 2.65 bits per heavy atom. The zero-order valence-corrected chi connectivity index (χ0v) is 14.6. The van der Waals surface area contributed by atoms with Gasteiger partial charge in [-0.2, -0.15) is 0 Å². The van der Waals surface area contributed by atoms with Crippen molar-refractivity contribution in [2.24, 2.45) is 0 Å². The second kappa shape index (κ2) is 7.68. The van der Waals surface area contributed by atoms with Gasteiger partial charge in [0.15, 0.2) is 6.61 Å². The van der Waals surface area contributed by atoms with Crippen molar-refractivity contribution in [2.45, 2.75) is 0 Å². The van der Waals surface area contributed by atoms with E-state index in [-0.39, 0.29) is 21.4 Å². The van der Waals surface area contributed by atoms with E-state index in [9.17, 15) is 14.0 Å². The number of hydrogen-bond acceptors (Lipinski definition) is 4. The normalized spacial score (nSPS) is 10.6. The summed E-state index contributed by atoms with van der Waals surface area (Å²) in [5.74, 6) is -1.90. The summed E-state index contributed by atoms with van der Waals surface area (Å²) >= 11 is 11.6. The number of ether oxygens (including phenoxy) is 1. The fourth-order valence-electron chi connectivity index (χ4n) is 2.29. The maximum Gasteiger partial charge on any atom is 0.339 e. The first-order valence-electron chi connectivity index (χ1n) is 7.41. The van der Waals surface area contributed by atoms with Gasteiger partial charge in [-0.1, -0.05) is 41.4 Å². The monoisotopic (exact) mass is 392 g/mol. The van der Waals surface area contributed by atoms with Gasteiger partial charge in [-0.25, -0.2) is 14.2 Å². The highest BCUT2D eigenvalue weighted by atomic mass is 35.5. The van der Waals surface area contributed by atoms with Crippen molar-refractivity contribution in [1.29, 1.82) is 0 Å². The van der Waals surface area contributed by atoms with Gasteiger partial charge in [0.25, 0.3) is 5.91 Å². The zero-order valence-electron chi connectivity index (χ0n) is 13.1.